The zero-order chi connectivity index (χ0) is 11.9. The molecule has 0 amide bonds. The van der Waals surface area contributed by atoms with Crippen molar-refractivity contribution in [2.24, 2.45) is 23.2 Å². The van der Waals surface area contributed by atoms with Crippen LogP contribution in [0.1, 0.15) is 45.4 Å². The maximum atomic E-state index is 10.2. The molecule has 3 heteroatoms. The van der Waals surface area contributed by atoms with Crippen LogP contribution < -0.4 is 0 Å². The Hall–Kier alpha value is -0.570. The third-order valence-corrected chi connectivity index (χ3v) is 5.04. The van der Waals surface area contributed by atoms with Crippen molar-refractivity contribution in [2.75, 3.05) is 6.61 Å². The summed E-state index contributed by atoms with van der Waals surface area (Å²) >= 11 is 0. The van der Waals surface area contributed by atoms with Crippen LogP contribution in [-0.2, 0) is 14.3 Å². The fourth-order valence-electron chi connectivity index (χ4n) is 4.88. The van der Waals surface area contributed by atoms with Gasteiger partial charge < -0.3 is 9.47 Å². The highest BCUT2D eigenvalue weighted by Gasteiger charge is 2.51. The molecule has 17 heavy (non-hydrogen) atoms. The topological polar surface area (TPSA) is 35.5 Å². The fourth-order valence-corrected chi connectivity index (χ4v) is 4.88. The molecule has 96 valence electrons. The summed E-state index contributed by atoms with van der Waals surface area (Å²) in [5.74, 6) is 2.85. The molecular formula is C14H22O3. The summed E-state index contributed by atoms with van der Waals surface area (Å²) in [7, 11) is 0. The van der Waals surface area contributed by atoms with Crippen LogP contribution in [0, 0.1) is 23.2 Å². The highest BCUT2D eigenvalue weighted by Crippen LogP contribution is 2.60. The highest BCUT2D eigenvalue weighted by atomic mass is 16.7. The van der Waals surface area contributed by atoms with E-state index in [4.69, 9.17) is 9.47 Å². The third kappa shape index (κ3) is 2.22. The molecule has 0 N–H and O–H groups in total. The third-order valence-electron chi connectivity index (χ3n) is 5.04. The van der Waals surface area contributed by atoms with Gasteiger partial charge in [0.2, 0.25) is 0 Å². The number of hydrogen-bond acceptors (Lipinski definition) is 3. The minimum atomic E-state index is -0.388. The van der Waals surface area contributed by atoms with Crippen molar-refractivity contribution in [3.8, 4) is 0 Å². The molecule has 1 unspecified atom stereocenters. The molecule has 0 heterocycles. The summed E-state index contributed by atoms with van der Waals surface area (Å²) in [4.78, 5) is 10.2. The number of hydrogen-bond donors (Lipinski definition) is 0. The van der Waals surface area contributed by atoms with Gasteiger partial charge in [-0.3, -0.25) is 4.79 Å². The first-order valence-corrected chi connectivity index (χ1v) is 6.90. The molecule has 0 aromatic carbocycles. The molecule has 4 saturated carbocycles. The van der Waals surface area contributed by atoms with Gasteiger partial charge in [-0.05, 0) is 68.6 Å². The molecular weight excluding hydrogens is 216 g/mol. The Morgan fingerprint density at radius 2 is 1.71 bits per heavy atom. The minimum Gasteiger partial charge on any atom is -0.438 e. The molecule has 4 aliphatic carbocycles. The Bertz CT molecular complexity index is 265. The van der Waals surface area contributed by atoms with E-state index in [1.165, 1.54) is 38.5 Å². The zero-order valence-electron chi connectivity index (χ0n) is 10.6. The quantitative estimate of drug-likeness (QED) is 0.545. The van der Waals surface area contributed by atoms with E-state index in [1.54, 1.807) is 6.92 Å². The molecule has 4 fully saturated rings. The fraction of sp³-hybridized carbons (Fsp3) is 0.929. The lowest BCUT2D eigenvalue weighted by atomic mass is 9.50. The molecule has 1 atom stereocenters. The summed E-state index contributed by atoms with van der Waals surface area (Å²) in [6, 6.07) is 0. The van der Waals surface area contributed by atoms with Crippen molar-refractivity contribution in [2.45, 2.75) is 51.7 Å². The van der Waals surface area contributed by atoms with Crippen molar-refractivity contribution < 1.29 is 14.3 Å². The predicted molar refractivity (Wildman–Crippen MR) is 63.2 cm³/mol. The summed E-state index contributed by atoms with van der Waals surface area (Å²) in [5.41, 5.74) is 0.412. The van der Waals surface area contributed by atoms with Gasteiger partial charge in [-0.25, -0.2) is 0 Å². The Labute approximate surface area is 103 Å². The SMILES string of the molecule is CC(OC=O)OCC12CC3CC(CC(C3)C1)C2. The van der Waals surface area contributed by atoms with Crippen molar-refractivity contribution >= 4 is 6.47 Å². The normalized spacial score (nSPS) is 44.6. The molecule has 3 nitrogen and oxygen atoms in total. The lowest BCUT2D eigenvalue weighted by molar-refractivity contribution is -0.180. The van der Waals surface area contributed by atoms with Gasteiger partial charge >= 0.3 is 0 Å². The highest BCUT2D eigenvalue weighted by molar-refractivity contribution is 5.37. The summed E-state index contributed by atoms with van der Waals surface area (Å²) in [6.07, 6.45) is 8.01. The van der Waals surface area contributed by atoms with Crippen LogP contribution in [0.2, 0.25) is 0 Å². The van der Waals surface area contributed by atoms with E-state index in [2.05, 4.69) is 0 Å². The van der Waals surface area contributed by atoms with Crippen LogP contribution in [0.3, 0.4) is 0 Å². The van der Waals surface area contributed by atoms with Crippen molar-refractivity contribution in [3.05, 3.63) is 0 Å². The van der Waals surface area contributed by atoms with Gasteiger partial charge in [-0.15, -0.1) is 0 Å². The summed E-state index contributed by atoms with van der Waals surface area (Å²) < 4.78 is 10.5. The lowest BCUT2D eigenvalue weighted by Crippen LogP contribution is -2.48. The number of ether oxygens (including phenoxy) is 2. The standard InChI is InChI=1S/C14H22O3/c1-10(17-9-15)16-8-14-5-11-2-12(6-14)4-13(3-11)7-14/h9-13H,2-8H2,1H3. The van der Waals surface area contributed by atoms with Crippen LogP contribution in [0.4, 0.5) is 0 Å². The number of carbonyl (C=O) groups is 1. The average molecular weight is 238 g/mol. The number of rotatable bonds is 5. The smallest absolute Gasteiger partial charge is 0.295 e. The minimum absolute atomic E-state index is 0.388. The molecule has 0 radical (unpaired) electrons. The van der Waals surface area contributed by atoms with E-state index in [1.807, 2.05) is 0 Å². The summed E-state index contributed by atoms with van der Waals surface area (Å²) in [6.45, 7) is 3.06. The number of carbonyl (C=O) groups excluding carboxylic acids is 1. The van der Waals surface area contributed by atoms with Crippen molar-refractivity contribution in [1.29, 1.82) is 0 Å². The molecule has 0 spiro atoms. The van der Waals surface area contributed by atoms with E-state index in [9.17, 15) is 4.79 Å². The molecule has 0 aliphatic heterocycles. The first kappa shape index (κ1) is 11.5. The van der Waals surface area contributed by atoms with E-state index < -0.39 is 0 Å². The second-order valence-corrected chi connectivity index (χ2v) is 6.53. The van der Waals surface area contributed by atoms with Gasteiger partial charge in [0.1, 0.15) is 0 Å². The molecule has 0 aromatic rings. The van der Waals surface area contributed by atoms with E-state index in [0.29, 0.717) is 11.9 Å². The van der Waals surface area contributed by atoms with Gasteiger partial charge in [0.15, 0.2) is 6.29 Å². The first-order chi connectivity index (χ1) is 8.19. The molecule has 0 saturated heterocycles. The van der Waals surface area contributed by atoms with E-state index in [0.717, 1.165) is 24.4 Å². The second-order valence-electron chi connectivity index (χ2n) is 6.53. The Kier molecular flexibility index (Phi) is 2.89. The van der Waals surface area contributed by atoms with Crippen LogP contribution in [0.5, 0.6) is 0 Å². The van der Waals surface area contributed by atoms with Gasteiger partial charge in [0, 0.05) is 0 Å². The van der Waals surface area contributed by atoms with Gasteiger partial charge in [-0.1, -0.05) is 0 Å². The second kappa shape index (κ2) is 4.27. The van der Waals surface area contributed by atoms with E-state index >= 15 is 0 Å². The van der Waals surface area contributed by atoms with Crippen LogP contribution in [-0.4, -0.2) is 19.4 Å². The zero-order valence-corrected chi connectivity index (χ0v) is 10.6. The van der Waals surface area contributed by atoms with Gasteiger partial charge in [0.05, 0.1) is 6.61 Å². The van der Waals surface area contributed by atoms with Crippen LogP contribution >= 0.6 is 0 Å². The Morgan fingerprint density at radius 3 is 2.18 bits per heavy atom. The van der Waals surface area contributed by atoms with Crippen molar-refractivity contribution in [1.82, 2.24) is 0 Å². The van der Waals surface area contributed by atoms with E-state index in [-0.39, 0.29) is 6.29 Å². The Morgan fingerprint density at radius 1 is 1.18 bits per heavy atom. The van der Waals surface area contributed by atoms with Crippen LogP contribution in [0.15, 0.2) is 0 Å². The average Bonchev–Trinajstić information content (AvgIpc) is 2.25. The van der Waals surface area contributed by atoms with Gasteiger partial charge in [0.25, 0.3) is 6.47 Å². The molecule has 0 aromatic heterocycles. The van der Waals surface area contributed by atoms with Gasteiger partial charge in [-0.2, -0.15) is 0 Å². The Balaban J connectivity index is 1.60. The molecule has 4 aliphatic rings. The molecule has 4 rings (SSSR count). The first-order valence-electron chi connectivity index (χ1n) is 6.90. The molecule has 4 bridgehead atoms. The maximum Gasteiger partial charge on any atom is 0.295 e. The van der Waals surface area contributed by atoms with Crippen LogP contribution in [0.25, 0.3) is 0 Å². The summed E-state index contributed by atoms with van der Waals surface area (Å²) in [5, 5.41) is 0. The predicted octanol–water partition coefficient (Wildman–Crippen LogP) is 2.74. The lowest BCUT2D eigenvalue weighted by Gasteiger charge is -2.56. The maximum absolute atomic E-state index is 10.2. The van der Waals surface area contributed by atoms with Crippen molar-refractivity contribution in [3.63, 3.8) is 0 Å². The largest absolute Gasteiger partial charge is 0.438 e. The monoisotopic (exact) mass is 238 g/mol.